The van der Waals surface area contributed by atoms with E-state index in [1.807, 2.05) is 0 Å². The number of hydrogen-bond acceptors (Lipinski definition) is 6. The van der Waals surface area contributed by atoms with E-state index in [4.69, 9.17) is 9.47 Å². The number of benzene rings is 3. The Labute approximate surface area is 235 Å². The molecule has 1 heterocycles. The Kier molecular flexibility index (Phi) is 8.53. The van der Waals surface area contributed by atoms with Gasteiger partial charge in [-0.1, -0.05) is 42.5 Å². The summed E-state index contributed by atoms with van der Waals surface area (Å²) in [6.45, 7) is 5.45. The van der Waals surface area contributed by atoms with E-state index in [0.29, 0.717) is 22.8 Å². The molecule has 1 amide bonds. The van der Waals surface area contributed by atoms with Crippen LogP contribution in [0.5, 0.6) is 5.75 Å². The van der Waals surface area contributed by atoms with Crippen molar-refractivity contribution in [2.75, 3.05) is 6.54 Å². The molecule has 1 aliphatic heterocycles. The number of halogens is 4. The molecule has 0 aromatic heterocycles. The second-order valence-electron chi connectivity index (χ2n) is 10.5. The number of carbonyl (C=O) groups excluding carboxylic acids is 1. The smallest absolute Gasteiger partial charge is 0.485 e. The third-order valence-corrected chi connectivity index (χ3v) is 7.11. The van der Waals surface area contributed by atoms with Crippen molar-refractivity contribution in [2.24, 2.45) is 0 Å². The molecule has 41 heavy (non-hydrogen) atoms. The van der Waals surface area contributed by atoms with Crippen molar-refractivity contribution in [1.82, 2.24) is 4.90 Å². The summed E-state index contributed by atoms with van der Waals surface area (Å²) < 4.78 is 92.7. The SMILES string of the molecule is CC(C)(C)OC(=O)N(CCCC1C=C(OS(=O)(=O)C(F)(F)F)c2ccccc2O1)Cc1ccc(F)c2ccccc12. The van der Waals surface area contributed by atoms with Crippen LogP contribution in [0.2, 0.25) is 0 Å². The minimum atomic E-state index is -5.90. The van der Waals surface area contributed by atoms with E-state index in [0.717, 1.165) is 0 Å². The summed E-state index contributed by atoms with van der Waals surface area (Å²) in [7, 11) is -5.90. The lowest BCUT2D eigenvalue weighted by Gasteiger charge is -2.29. The van der Waals surface area contributed by atoms with E-state index >= 15 is 0 Å². The fraction of sp³-hybridized carbons (Fsp3) is 0.345. The van der Waals surface area contributed by atoms with Crippen molar-refractivity contribution < 1.29 is 44.4 Å². The van der Waals surface area contributed by atoms with Gasteiger partial charge < -0.3 is 18.6 Å². The van der Waals surface area contributed by atoms with Crippen LogP contribution < -0.4 is 4.74 Å². The Bertz CT molecular complexity index is 1560. The molecular weight excluding hydrogens is 566 g/mol. The van der Waals surface area contributed by atoms with Crippen LogP contribution in [0.25, 0.3) is 16.5 Å². The minimum Gasteiger partial charge on any atom is -0.485 e. The number of ether oxygens (including phenoxy) is 2. The largest absolute Gasteiger partial charge is 0.534 e. The average Bonchev–Trinajstić information content (AvgIpc) is 2.88. The molecule has 1 atom stereocenters. The molecule has 7 nitrogen and oxygen atoms in total. The van der Waals surface area contributed by atoms with Gasteiger partial charge in [-0.3, -0.25) is 0 Å². The molecule has 1 aliphatic rings. The lowest BCUT2D eigenvalue weighted by Crippen LogP contribution is -2.37. The first-order chi connectivity index (χ1) is 19.1. The van der Waals surface area contributed by atoms with E-state index in [9.17, 15) is 30.8 Å². The summed E-state index contributed by atoms with van der Waals surface area (Å²) in [4.78, 5) is 14.6. The van der Waals surface area contributed by atoms with Crippen LogP contribution in [-0.4, -0.2) is 43.2 Å². The van der Waals surface area contributed by atoms with Crippen molar-refractivity contribution in [1.29, 1.82) is 0 Å². The summed E-state index contributed by atoms with van der Waals surface area (Å²) in [6.07, 6.45) is 0.251. The second-order valence-corrected chi connectivity index (χ2v) is 12.0. The molecule has 220 valence electrons. The second kappa shape index (κ2) is 11.6. The number of nitrogens with zero attached hydrogens (tertiary/aromatic N) is 1. The van der Waals surface area contributed by atoms with Crippen LogP contribution in [-0.2, 0) is 25.6 Å². The van der Waals surface area contributed by atoms with Crippen LogP contribution in [0.4, 0.5) is 22.4 Å². The van der Waals surface area contributed by atoms with Crippen molar-refractivity contribution in [3.8, 4) is 5.75 Å². The zero-order chi connectivity index (χ0) is 30.0. The highest BCUT2D eigenvalue weighted by molar-refractivity contribution is 7.87. The van der Waals surface area contributed by atoms with Gasteiger partial charge in [0.15, 0.2) is 5.76 Å². The lowest BCUT2D eigenvalue weighted by molar-refractivity contribution is -0.0510. The third-order valence-electron chi connectivity index (χ3n) is 6.14. The van der Waals surface area contributed by atoms with Crippen molar-refractivity contribution in [2.45, 2.75) is 57.4 Å². The van der Waals surface area contributed by atoms with Gasteiger partial charge in [-0.05, 0) is 62.8 Å². The quantitative estimate of drug-likeness (QED) is 0.156. The number of fused-ring (bicyclic) bond motifs is 2. The Hall–Kier alpha value is -3.80. The molecular formula is C29H29F4NO6S. The number of para-hydroxylation sites is 1. The summed E-state index contributed by atoms with van der Waals surface area (Å²) in [5.74, 6) is -0.717. The summed E-state index contributed by atoms with van der Waals surface area (Å²) in [5, 5.41) is 1.05. The van der Waals surface area contributed by atoms with Gasteiger partial charge in [-0.2, -0.15) is 21.6 Å². The van der Waals surface area contributed by atoms with Gasteiger partial charge in [0, 0.05) is 24.6 Å². The Morgan fingerprint density at radius 1 is 0.976 bits per heavy atom. The molecule has 0 N–H and O–H groups in total. The first-order valence-corrected chi connectivity index (χ1v) is 14.2. The van der Waals surface area contributed by atoms with Crippen molar-refractivity contribution >= 4 is 32.7 Å². The van der Waals surface area contributed by atoms with E-state index in [-0.39, 0.29) is 36.6 Å². The summed E-state index contributed by atoms with van der Waals surface area (Å²) in [5.41, 5.74) is -5.62. The topological polar surface area (TPSA) is 82.1 Å². The van der Waals surface area contributed by atoms with Crippen LogP contribution in [0.15, 0.2) is 66.7 Å². The summed E-state index contributed by atoms with van der Waals surface area (Å²) in [6, 6.07) is 15.8. The Morgan fingerprint density at radius 3 is 2.32 bits per heavy atom. The standard InChI is InChI=1S/C29H29F4NO6S/c1-28(2,3)39-27(35)34(18-19-14-15-24(30)22-11-5-4-10-21(19)22)16-8-9-20-17-26(40-41(36,37)29(31,32)33)23-12-6-7-13-25(23)38-20/h4-7,10-15,17,20H,8-9,16,18H2,1-3H3. The first kappa shape index (κ1) is 30.2. The average molecular weight is 596 g/mol. The van der Waals surface area contributed by atoms with Gasteiger partial charge in [0.25, 0.3) is 0 Å². The molecule has 3 aromatic carbocycles. The molecule has 0 fully saturated rings. The molecule has 12 heteroatoms. The van der Waals surface area contributed by atoms with Crippen LogP contribution in [0.3, 0.4) is 0 Å². The Balaban J connectivity index is 1.54. The molecule has 0 bridgehead atoms. The number of carbonyl (C=O) groups is 1. The zero-order valence-corrected chi connectivity index (χ0v) is 23.4. The summed E-state index contributed by atoms with van der Waals surface area (Å²) >= 11 is 0. The highest BCUT2D eigenvalue weighted by Gasteiger charge is 2.49. The van der Waals surface area contributed by atoms with Crippen molar-refractivity contribution in [3.63, 3.8) is 0 Å². The van der Waals surface area contributed by atoms with Gasteiger partial charge in [0.1, 0.15) is 23.3 Å². The van der Waals surface area contributed by atoms with Gasteiger partial charge in [0.2, 0.25) is 0 Å². The number of amides is 1. The molecule has 3 aromatic rings. The van der Waals surface area contributed by atoms with E-state index < -0.39 is 39.2 Å². The maximum Gasteiger partial charge on any atom is 0.534 e. The lowest BCUT2D eigenvalue weighted by atomic mass is 10.0. The fourth-order valence-electron chi connectivity index (χ4n) is 4.32. The van der Waals surface area contributed by atoms with Gasteiger partial charge in [0.05, 0.1) is 5.56 Å². The van der Waals surface area contributed by atoms with Gasteiger partial charge >= 0.3 is 21.7 Å². The normalized spacial score (nSPS) is 15.5. The highest BCUT2D eigenvalue weighted by atomic mass is 32.2. The maximum absolute atomic E-state index is 14.4. The maximum atomic E-state index is 14.4. The predicted molar refractivity (Wildman–Crippen MR) is 145 cm³/mol. The number of alkyl halides is 3. The molecule has 0 saturated heterocycles. The van der Waals surface area contributed by atoms with Crippen LogP contribution >= 0.6 is 0 Å². The van der Waals surface area contributed by atoms with Gasteiger partial charge in [-0.15, -0.1) is 0 Å². The van der Waals surface area contributed by atoms with E-state index in [2.05, 4.69) is 4.18 Å². The molecule has 0 radical (unpaired) electrons. The highest BCUT2D eigenvalue weighted by Crippen LogP contribution is 2.37. The number of hydrogen-bond donors (Lipinski definition) is 0. The molecule has 1 unspecified atom stereocenters. The molecule has 0 aliphatic carbocycles. The Morgan fingerprint density at radius 2 is 1.63 bits per heavy atom. The first-order valence-electron chi connectivity index (χ1n) is 12.8. The van der Waals surface area contributed by atoms with Gasteiger partial charge in [-0.25, -0.2) is 9.18 Å². The number of rotatable bonds is 8. The molecule has 0 saturated carbocycles. The zero-order valence-electron chi connectivity index (χ0n) is 22.6. The fourth-order valence-corrected chi connectivity index (χ4v) is 4.80. The molecule has 0 spiro atoms. The minimum absolute atomic E-state index is 0.0649. The van der Waals surface area contributed by atoms with Crippen molar-refractivity contribution in [3.05, 3.63) is 83.7 Å². The van der Waals surface area contributed by atoms with E-state index in [1.54, 1.807) is 57.2 Å². The van der Waals surface area contributed by atoms with Crippen LogP contribution in [0.1, 0.15) is 44.7 Å². The third kappa shape index (κ3) is 7.29. The van der Waals surface area contributed by atoms with Crippen LogP contribution in [0, 0.1) is 5.82 Å². The van der Waals surface area contributed by atoms with E-state index in [1.165, 1.54) is 35.2 Å². The predicted octanol–water partition coefficient (Wildman–Crippen LogP) is 7.16. The monoisotopic (exact) mass is 595 g/mol. The molecule has 4 rings (SSSR count).